The molecule has 0 aliphatic rings. The Hall–Kier alpha value is -1.78. The van der Waals surface area contributed by atoms with E-state index in [1.54, 1.807) is 13.2 Å². The molecular formula is C17H22ClNO3. The van der Waals surface area contributed by atoms with Crippen molar-refractivity contribution in [3.63, 3.8) is 0 Å². The summed E-state index contributed by atoms with van der Waals surface area (Å²) in [6, 6.07) is 11.7. The van der Waals surface area contributed by atoms with Crippen LogP contribution in [0.4, 0.5) is 0 Å². The van der Waals surface area contributed by atoms with E-state index in [2.05, 4.69) is 5.32 Å². The molecule has 0 amide bonds. The van der Waals surface area contributed by atoms with E-state index in [1.165, 1.54) is 0 Å². The smallest absolute Gasteiger partial charge is 0.130 e. The number of aryl methyl sites for hydroxylation is 1. The Bertz CT molecular complexity index is 538. The van der Waals surface area contributed by atoms with Gasteiger partial charge in [-0.2, -0.15) is 0 Å². The number of furan rings is 1. The first-order chi connectivity index (χ1) is 10.2. The fourth-order valence-corrected chi connectivity index (χ4v) is 1.94. The van der Waals surface area contributed by atoms with Gasteiger partial charge in [0.2, 0.25) is 0 Å². The quantitative estimate of drug-likeness (QED) is 0.719. The zero-order chi connectivity index (χ0) is 14.9. The number of carbonyl (C=O) groups excluding carboxylic acids is 1. The molecule has 1 aromatic carbocycles. The third kappa shape index (κ3) is 6.78. The predicted molar refractivity (Wildman–Crippen MR) is 88.6 cm³/mol. The molecule has 22 heavy (non-hydrogen) atoms. The summed E-state index contributed by atoms with van der Waals surface area (Å²) >= 11 is 0. The monoisotopic (exact) mass is 323 g/mol. The highest BCUT2D eigenvalue weighted by molar-refractivity contribution is 5.85. The number of hydrogen-bond acceptors (Lipinski definition) is 4. The summed E-state index contributed by atoms with van der Waals surface area (Å²) in [5, 5.41) is 3.25. The van der Waals surface area contributed by atoms with Gasteiger partial charge in [0.1, 0.15) is 23.9 Å². The van der Waals surface area contributed by atoms with Gasteiger partial charge in [0, 0.05) is 13.0 Å². The van der Waals surface area contributed by atoms with Gasteiger partial charge in [-0.05, 0) is 43.2 Å². The lowest BCUT2D eigenvalue weighted by molar-refractivity contribution is -0.116. The topological polar surface area (TPSA) is 51.5 Å². The van der Waals surface area contributed by atoms with Crippen molar-refractivity contribution >= 4 is 18.2 Å². The number of rotatable bonds is 9. The van der Waals surface area contributed by atoms with E-state index in [4.69, 9.17) is 9.15 Å². The van der Waals surface area contributed by atoms with Crippen LogP contribution in [0.25, 0.3) is 0 Å². The van der Waals surface area contributed by atoms with Crippen LogP contribution < -0.4 is 10.1 Å². The van der Waals surface area contributed by atoms with E-state index >= 15 is 0 Å². The second kappa shape index (κ2) is 10.0. The summed E-state index contributed by atoms with van der Waals surface area (Å²) in [5.74, 6) is 1.99. The van der Waals surface area contributed by atoms with Crippen molar-refractivity contribution in [1.82, 2.24) is 5.32 Å². The van der Waals surface area contributed by atoms with E-state index < -0.39 is 0 Å². The van der Waals surface area contributed by atoms with Crippen LogP contribution in [-0.4, -0.2) is 18.9 Å². The van der Waals surface area contributed by atoms with Crippen molar-refractivity contribution in [3.05, 3.63) is 54.0 Å². The van der Waals surface area contributed by atoms with Crippen molar-refractivity contribution in [2.75, 3.05) is 13.2 Å². The molecule has 0 aliphatic heterocycles. The normalized spacial score (nSPS) is 10.0. The Balaban J connectivity index is 0.00000242. The van der Waals surface area contributed by atoms with Crippen LogP contribution in [0.5, 0.6) is 5.75 Å². The Labute approximate surface area is 137 Å². The maximum atomic E-state index is 10.9. The molecule has 0 radical (unpaired) electrons. The SMILES string of the molecule is CC(=O)CCc1ccc(OCCNCc2ccco2)cc1.Cl. The van der Waals surface area contributed by atoms with Crippen LogP contribution in [-0.2, 0) is 17.8 Å². The molecule has 0 aliphatic carbocycles. The number of benzene rings is 1. The largest absolute Gasteiger partial charge is 0.492 e. The molecule has 2 rings (SSSR count). The first-order valence-corrected chi connectivity index (χ1v) is 7.18. The molecule has 0 unspecified atom stereocenters. The highest BCUT2D eigenvalue weighted by Gasteiger charge is 1.99. The van der Waals surface area contributed by atoms with Gasteiger partial charge in [-0.25, -0.2) is 0 Å². The molecule has 2 aromatic rings. The Kier molecular flexibility index (Phi) is 8.33. The van der Waals surface area contributed by atoms with Crippen molar-refractivity contribution in [1.29, 1.82) is 0 Å². The molecule has 0 fully saturated rings. The Morgan fingerprint density at radius 3 is 2.64 bits per heavy atom. The molecule has 1 N–H and O–H groups in total. The fourth-order valence-electron chi connectivity index (χ4n) is 1.94. The molecule has 1 heterocycles. The minimum atomic E-state index is 0. The van der Waals surface area contributed by atoms with Crippen LogP contribution in [0.1, 0.15) is 24.7 Å². The third-order valence-electron chi connectivity index (χ3n) is 3.12. The standard InChI is InChI=1S/C17H21NO3.ClH/c1-14(19)4-5-15-6-8-16(9-7-15)21-12-10-18-13-17-3-2-11-20-17;/h2-3,6-9,11,18H,4-5,10,12-13H2,1H3;1H. The molecule has 5 heteroatoms. The minimum absolute atomic E-state index is 0. The van der Waals surface area contributed by atoms with Gasteiger partial charge in [-0.3, -0.25) is 0 Å². The maximum absolute atomic E-state index is 10.9. The first kappa shape index (κ1) is 18.3. The minimum Gasteiger partial charge on any atom is -0.492 e. The zero-order valence-electron chi connectivity index (χ0n) is 12.7. The number of ether oxygens (including phenoxy) is 1. The summed E-state index contributed by atoms with van der Waals surface area (Å²) < 4.78 is 10.9. The Morgan fingerprint density at radius 2 is 2.00 bits per heavy atom. The summed E-state index contributed by atoms with van der Waals surface area (Å²) in [7, 11) is 0. The summed E-state index contributed by atoms with van der Waals surface area (Å²) in [6.07, 6.45) is 3.05. The second-order valence-electron chi connectivity index (χ2n) is 4.95. The molecule has 0 bridgehead atoms. The second-order valence-corrected chi connectivity index (χ2v) is 4.95. The van der Waals surface area contributed by atoms with Crippen molar-refractivity contribution in [2.24, 2.45) is 0 Å². The summed E-state index contributed by atoms with van der Waals surface area (Å²) in [4.78, 5) is 10.9. The van der Waals surface area contributed by atoms with E-state index in [0.29, 0.717) is 19.6 Å². The van der Waals surface area contributed by atoms with Crippen LogP contribution in [0.15, 0.2) is 47.1 Å². The van der Waals surface area contributed by atoms with Gasteiger partial charge >= 0.3 is 0 Å². The van der Waals surface area contributed by atoms with Gasteiger partial charge in [0.15, 0.2) is 0 Å². The average molecular weight is 324 g/mol. The molecule has 1 aromatic heterocycles. The predicted octanol–water partition coefficient (Wildman–Crippen LogP) is 3.39. The van der Waals surface area contributed by atoms with Crippen LogP contribution in [0.2, 0.25) is 0 Å². The Morgan fingerprint density at radius 1 is 1.23 bits per heavy atom. The lowest BCUT2D eigenvalue weighted by Gasteiger charge is -2.07. The first-order valence-electron chi connectivity index (χ1n) is 7.18. The highest BCUT2D eigenvalue weighted by Crippen LogP contribution is 2.13. The van der Waals surface area contributed by atoms with Gasteiger partial charge < -0.3 is 19.3 Å². The zero-order valence-corrected chi connectivity index (χ0v) is 13.5. The van der Waals surface area contributed by atoms with Crippen molar-refractivity contribution < 1.29 is 13.9 Å². The van der Waals surface area contributed by atoms with Crippen LogP contribution >= 0.6 is 12.4 Å². The number of hydrogen-bond donors (Lipinski definition) is 1. The van der Waals surface area contributed by atoms with E-state index in [1.807, 2.05) is 36.4 Å². The molecule has 120 valence electrons. The van der Waals surface area contributed by atoms with E-state index in [0.717, 1.165) is 30.0 Å². The van der Waals surface area contributed by atoms with Crippen LogP contribution in [0, 0.1) is 0 Å². The molecule has 0 saturated carbocycles. The van der Waals surface area contributed by atoms with Gasteiger partial charge in [-0.15, -0.1) is 12.4 Å². The lowest BCUT2D eigenvalue weighted by atomic mass is 10.1. The lowest BCUT2D eigenvalue weighted by Crippen LogP contribution is -2.20. The number of carbonyl (C=O) groups is 1. The van der Waals surface area contributed by atoms with E-state index in [-0.39, 0.29) is 18.2 Å². The molecule has 0 spiro atoms. The maximum Gasteiger partial charge on any atom is 0.130 e. The van der Waals surface area contributed by atoms with Gasteiger partial charge in [0.25, 0.3) is 0 Å². The molecule has 4 nitrogen and oxygen atoms in total. The number of ketones is 1. The third-order valence-corrected chi connectivity index (χ3v) is 3.12. The molecular weight excluding hydrogens is 302 g/mol. The summed E-state index contributed by atoms with van der Waals surface area (Å²) in [6.45, 7) is 3.69. The molecule has 0 saturated heterocycles. The van der Waals surface area contributed by atoms with E-state index in [9.17, 15) is 4.79 Å². The number of nitrogens with one attached hydrogen (secondary N) is 1. The van der Waals surface area contributed by atoms with Crippen molar-refractivity contribution in [2.45, 2.75) is 26.3 Å². The van der Waals surface area contributed by atoms with Gasteiger partial charge in [-0.1, -0.05) is 12.1 Å². The summed E-state index contributed by atoms with van der Waals surface area (Å²) in [5.41, 5.74) is 1.16. The molecule has 0 atom stereocenters. The van der Waals surface area contributed by atoms with Crippen molar-refractivity contribution in [3.8, 4) is 5.75 Å². The number of halogens is 1. The number of Topliss-reactive ketones (excluding diaryl/α,β-unsaturated/α-hetero) is 1. The van der Waals surface area contributed by atoms with Gasteiger partial charge in [0.05, 0.1) is 12.8 Å². The van der Waals surface area contributed by atoms with Crippen LogP contribution in [0.3, 0.4) is 0 Å². The highest BCUT2D eigenvalue weighted by atomic mass is 35.5. The average Bonchev–Trinajstić information content (AvgIpc) is 2.99. The fraction of sp³-hybridized carbons (Fsp3) is 0.353.